The molecule has 5 heteroatoms. The molecule has 134 valence electrons. The number of nitrogens with one attached hydrogen (secondary N) is 1. The lowest BCUT2D eigenvalue weighted by atomic mass is 10.0. The Morgan fingerprint density at radius 2 is 1.78 bits per heavy atom. The average Bonchev–Trinajstić information content (AvgIpc) is 2.97. The van der Waals surface area contributed by atoms with Crippen molar-refractivity contribution in [2.75, 3.05) is 11.5 Å². The van der Waals surface area contributed by atoms with Crippen LogP contribution in [0.1, 0.15) is 12.5 Å². The maximum absolute atomic E-state index is 13.0. The lowest BCUT2D eigenvalue weighted by Crippen LogP contribution is -2.30. The summed E-state index contributed by atoms with van der Waals surface area (Å²) in [5.41, 5.74) is 2.04. The van der Waals surface area contributed by atoms with E-state index in [1.807, 2.05) is 79.7 Å². The highest BCUT2D eigenvalue weighted by atomic mass is 32.1. The molecular formula is C22H18N2O2S. The minimum atomic E-state index is -0.179. The first-order chi connectivity index (χ1) is 13.2. The van der Waals surface area contributed by atoms with E-state index in [9.17, 15) is 4.79 Å². The molecule has 1 saturated heterocycles. The highest BCUT2D eigenvalue weighted by molar-refractivity contribution is 7.80. The maximum atomic E-state index is 13.0. The molecule has 1 fully saturated rings. The number of anilines is 1. The van der Waals surface area contributed by atoms with Gasteiger partial charge in [0.1, 0.15) is 11.4 Å². The van der Waals surface area contributed by atoms with Gasteiger partial charge < -0.3 is 10.1 Å². The summed E-state index contributed by atoms with van der Waals surface area (Å²) in [7, 11) is 0. The highest BCUT2D eigenvalue weighted by Crippen LogP contribution is 2.31. The molecule has 27 heavy (non-hydrogen) atoms. The molecule has 0 saturated carbocycles. The van der Waals surface area contributed by atoms with E-state index in [0.29, 0.717) is 17.4 Å². The molecule has 1 amide bonds. The zero-order chi connectivity index (χ0) is 18.8. The van der Waals surface area contributed by atoms with Crippen LogP contribution in [0.2, 0.25) is 0 Å². The van der Waals surface area contributed by atoms with Gasteiger partial charge in [-0.05, 0) is 54.2 Å². The molecule has 1 N–H and O–H groups in total. The third-order valence-electron chi connectivity index (χ3n) is 4.41. The van der Waals surface area contributed by atoms with E-state index in [2.05, 4.69) is 5.32 Å². The minimum absolute atomic E-state index is 0.179. The van der Waals surface area contributed by atoms with E-state index < -0.39 is 0 Å². The molecule has 0 radical (unpaired) electrons. The largest absolute Gasteiger partial charge is 0.493 e. The van der Waals surface area contributed by atoms with Gasteiger partial charge in [-0.25, -0.2) is 0 Å². The average molecular weight is 374 g/mol. The standard InChI is InChI=1S/C22H18N2O2S/c1-2-26-20-13-12-15-8-6-7-11-17(15)18(20)14-19-21(25)24(22(27)23-19)16-9-4-3-5-10-16/h3-14H,2H2,1H3,(H,23,27)/b19-14-. The molecule has 1 aliphatic rings. The van der Waals surface area contributed by atoms with E-state index in [1.54, 1.807) is 0 Å². The molecule has 1 aliphatic heterocycles. The highest BCUT2D eigenvalue weighted by Gasteiger charge is 2.32. The van der Waals surface area contributed by atoms with Gasteiger partial charge in [0.05, 0.1) is 12.3 Å². The topological polar surface area (TPSA) is 41.6 Å². The van der Waals surface area contributed by atoms with Crippen LogP contribution in [-0.2, 0) is 4.79 Å². The summed E-state index contributed by atoms with van der Waals surface area (Å²) in [5, 5.41) is 5.53. The Labute approximate surface area is 163 Å². The normalized spacial score (nSPS) is 15.4. The van der Waals surface area contributed by atoms with Crippen molar-refractivity contribution < 1.29 is 9.53 Å². The molecule has 0 bridgehead atoms. The number of hydrogen-bond acceptors (Lipinski definition) is 3. The van der Waals surface area contributed by atoms with Gasteiger partial charge in [0, 0.05) is 5.56 Å². The number of hydrogen-bond donors (Lipinski definition) is 1. The van der Waals surface area contributed by atoms with Crippen molar-refractivity contribution in [3.05, 3.63) is 78.0 Å². The summed E-state index contributed by atoms with van der Waals surface area (Å²) in [6.45, 7) is 2.49. The summed E-state index contributed by atoms with van der Waals surface area (Å²) in [6.07, 6.45) is 1.82. The van der Waals surface area contributed by atoms with Crippen LogP contribution in [0.4, 0.5) is 5.69 Å². The number of fused-ring (bicyclic) bond motifs is 1. The fraction of sp³-hybridized carbons (Fsp3) is 0.0909. The lowest BCUT2D eigenvalue weighted by Gasteiger charge is -2.13. The van der Waals surface area contributed by atoms with Gasteiger partial charge in [-0.1, -0.05) is 48.5 Å². The Kier molecular flexibility index (Phi) is 4.60. The monoisotopic (exact) mass is 374 g/mol. The fourth-order valence-corrected chi connectivity index (χ4v) is 3.50. The third-order valence-corrected chi connectivity index (χ3v) is 4.70. The number of ether oxygens (including phenoxy) is 1. The molecule has 4 nitrogen and oxygen atoms in total. The molecule has 0 spiro atoms. The first-order valence-electron chi connectivity index (χ1n) is 8.76. The summed E-state index contributed by atoms with van der Waals surface area (Å²) in [6, 6.07) is 21.4. The molecular weight excluding hydrogens is 356 g/mol. The van der Waals surface area contributed by atoms with Gasteiger partial charge in [0.2, 0.25) is 0 Å². The van der Waals surface area contributed by atoms with Gasteiger partial charge >= 0.3 is 0 Å². The number of nitrogens with zero attached hydrogens (tertiary/aromatic N) is 1. The number of para-hydroxylation sites is 1. The number of carbonyl (C=O) groups is 1. The van der Waals surface area contributed by atoms with Crippen LogP contribution in [0.15, 0.2) is 72.4 Å². The van der Waals surface area contributed by atoms with E-state index >= 15 is 0 Å². The predicted octanol–water partition coefficient (Wildman–Crippen LogP) is 4.50. The molecule has 1 heterocycles. The molecule has 3 aromatic carbocycles. The van der Waals surface area contributed by atoms with Gasteiger partial charge in [-0.3, -0.25) is 9.69 Å². The van der Waals surface area contributed by atoms with E-state index in [1.165, 1.54) is 4.90 Å². The SMILES string of the molecule is CCOc1ccc2ccccc2c1/C=C1\NC(=S)N(c2ccccc2)C1=O. The minimum Gasteiger partial charge on any atom is -0.493 e. The van der Waals surface area contributed by atoms with Crippen molar-refractivity contribution in [1.29, 1.82) is 0 Å². The second kappa shape index (κ2) is 7.21. The maximum Gasteiger partial charge on any atom is 0.281 e. The summed E-state index contributed by atoms with van der Waals surface area (Å²) in [5.74, 6) is 0.559. The predicted molar refractivity (Wildman–Crippen MR) is 113 cm³/mol. The number of rotatable bonds is 4. The first-order valence-corrected chi connectivity index (χ1v) is 9.16. The molecule has 0 aliphatic carbocycles. The van der Waals surface area contributed by atoms with Crippen LogP contribution >= 0.6 is 12.2 Å². The van der Waals surface area contributed by atoms with E-state index in [0.717, 1.165) is 27.8 Å². The summed E-state index contributed by atoms with van der Waals surface area (Å²) >= 11 is 5.39. The second-order valence-electron chi connectivity index (χ2n) is 6.10. The first kappa shape index (κ1) is 17.2. The van der Waals surface area contributed by atoms with Crippen LogP contribution in [0.3, 0.4) is 0 Å². The summed E-state index contributed by atoms with van der Waals surface area (Å²) in [4.78, 5) is 14.5. The van der Waals surface area contributed by atoms with Crippen molar-refractivity contribution in [1.82, 2.24) is 5.32 Å². The van der Waals surface area contributed by atoms with Crippen LogP contribution in [0.5, 0.6) is 5.75 Å². The molecule has 0 aromatic heterocycles. The van der Waals surface area contributed by atoms with Crippen LogP contribution in [0.25, 0.3) is 16.8 Å². The number of carbonyl (C=O) groups excluding carboxylic acids is 1. The van der Waals surface area contributed by atoms with Crippen molar-refractivity contribution in [2.24, 2.45) is 0 Å². The van der Waals surface area contributed by atoms with Crippen molar-refractivity contribution in [2.45, 2.75) is 6.92 Å². The Morgan fingerprint density at radius 3 is 2.56 bits per heavy atom. The van der Waals surface area contributed by atoms with Crippen LogP contribution < -0.4 is 15.0 Å². The third kappa shape index (κ3) is 3.17. The van der Waals surface area contributed by atoms with Crippen LogP contribution in [-0.4, -0.2) is 17.6 Å². The number of benzene rings is 3. The smallest absolute Gasteiger partial charge is 0.281 e. The van der Waals surface area contributed by atoms with E-state index in [4.69, 9.17) is 17.0 Å². The van der Waals surface area contributed by atoms with E-state index in [-0.39, 0.29) is 5.91 Å². The molecule has 4 rings (SSSR count). The van der Waals surface area contributed by atoms with Crippen molar-refractivity contribution in [3.8, 4) is 5.75 Å². The van der Waals surface area contributed by atoms with Gasteiger partial charge in [0.25, 0.3) is 5.91 Å². The quantitative estimate of drug-likeness (QED) is 0.539. The zero-order valence-electron chi connectivity index (χ0n) is 14.8. The molecule has 3 aromatic rings. The summed E-state index contributed by atoms with van der Waals surface area (Å²) < 4.78 is 5.80. The van der Waals surface area contributed by atoms with Gasteiger partial charge in [-0.15, -0.1) is 0 Å². The molecule has 0 unspecified atom stereocenters. The van der Waals surface area contributed by atoms with Crippen molar-refractivity contribution >= 4 is 45.8 Å². The Hall–Kier alpha value is -3.18. The lowest BCUT2D eigenvalue weighted by molar-refractivity contribution is -0.113. The fourth-order valence-electron chi connectivity index (χ4n) is 3.20. The molecule has 0 atom stereocenters. The van der Waals surface area contributed by atoms with Gasteiger partial charge in [-0.2, -0.15) is 0 Å². The zero-order valence-corrected chi connectivity index (χ0v) is 15.6. The van der Waals surface area contributed by atoms with Gasteiger partial charge in [0.15, 0.2) is 5.11 Å². The Bertz CT molecular complexity index is 1060. The van der Waals surface area contributed by atoms with Crippen LogP contribution in [0, 0.1) is 0 Å². The Morgan fingerprint density at radius 1 is 1.04 bits per heavy atom. The van der Waals surface area contributed by atoms with Crippen molar-refractivity contribution in [3.63, 3.8) is 0 Å². The number of amides is 1. The number of thiocarbonyl (C=S) groups is 1. The Balaban J connectivity index is 1.81. The second-order valence-corrected chi connectivity index (χ2v) is 6.48.